The van der Waals surface area contributed by atoms with Crippen molar-refractivity contribution in [3.05, 3.63) is 59.2 Å². The van der Waals surface area contributed by atoms with Crippen molar-refractivity contribution >= 4 is 5.97 Å². The van der Waals surface area contributed by atoms with Crippen LogP contribution < -0.4 is 0 Å². The highest BCUT2D eigenvalue weighted by Gasteiger charge is 2.12. The van der Waals surface area contributed by atoms with Crippen molar-refractivity contribution in [3.8, 4) is 11.1 Å². The number of carboxylic acid groups (broad SMARTS) is 1. The summed E-state index contributed by atoms with van der Waals surface area (Å²) in [6.07, 6.45) is 0. The van der Waals surface area contributed by atoms with Gasteiger partial charge < -0.3 is 5.11 Å². The summed E-state index contributed by atoms with van der Waals surface area (Å²) in [6.45, 7) is 1.64. The summed E-state index contributed by atoms with van der Waals surface area (Å²) in [6, 6.07) is 8.23. The summed E-state index contributed by atoms with van der Waals surface area (Å²) in [5, 5.41) is 9.00. The summed E-state index contributed by atoms with van der Waals surface area (Å²) in [4.78, 5) is 11.0. The van der Waals surface area contributed by atoms with Gasteiger partial charge in [-0.3, -0.25) is 0 Å². The van der Waals surface area contributed by atoms with Gasteiger partial charge in [-0.15, -0.1) is 0 Å². The largest absolute Gasteiger partial charge is 0.478 e. The lowest BCUT2D eigenvalue weighted by Gasteiger charge is -2.09. The van der Waals surface area contributed by atoms with Gasteiger partial charge >= 0.3 is 5.97 Å². The molecule has 2 nitrogen and oxygen atoms in total. The van der Waals surface area contributed by atoms with Crippen LogP contribution in [0.3, 0.4) is 0 Å². The molecule has 0 saturated heterocycles. The lowest BCUT2D eigenvalue weighted by atomic mass is 9.96. The molecular weight excluding hydrogens is 238 g/mol. The van der Waals surface area contributed by atoms with Crippen molar-refractivity contribution in [1.82, 2.24) is 0 Å². The quantitative estimate of drug-likeness (QED) is 0.880. The Bertz CT molecular complexity index is 621. The molecule has 0 bridgehead atoms. The fourth-order valence-electron chi connectivity index (χ4n) is 1.84. The number of hydrogen-bond acceptors (Lipinski definition) is 1. The molecule has 4 heteroatoms. The molecule has 0 spiro atoms. The van der Waals surface area contributed by atoms with Crippen LogP contribution in [-0.2, 0) is 0 Å². The third-order valence-corrected chi connectivity index (χ3v) is 2.79. The molecule has 2 rings (SSSR count). The van der Waals surface area contributed by atoms with Crippen LogP contribution in [0.1, 0.15) is 15.9 Å². The Balaban J connectivity index is 2.60. The molecule has 0 unspecified atom stereocenters. The summed E-state index contributed by atoms with van der Waals surface area (Å²) >= 11 is 0. The van der Waals surface area contributed by atoms with Gasteiger partial charge in [-0.2, -0.15) is 0 Å². The number of halogens is 2. The van der Waals surface area contributed by atoms with E-state index < -0.39 is 17.6 Å². The van der Waals surface area contributed by atoms with E-state index in [1.54, 1.807) is 19.1 Å². The zero-order chi connectivity index (χ0) is 13.3. The molecule has 0 saturated carbocycles. The average Bonchev–Trinajstić information content (AvgIpc) is 2.33. The van der Waals surface area contributed by atoms with E-state index in [9.17, 15) is 13.6 Å². The van der Waals surface area contributed by atoms with Crippen LogP contribution in [0.2, 0.25) is 0 Å². The Kier molecular flexibility index (Phi) is 3.10. The highest BCUT2D eigenvalue weighted by Crippen LogP contribution is 2.27. The second-order valence-electron chi connectivity index (χ2n) is 3.91. The topological polar surface area (TPSA) is 37.3 Å². The Morgan fingerprint density at radius 3 is 2.44 bits per heavy atom. The van der Waals surface area contributed by atoms with Gasteiger partial charge in [0, 0.05) is 0 Å². The van der Waals surface area contributed by atoms with Crippen LogP contribution in [-0.4, -0.2) is 11.1 Å². The first-order valence-electron chi connectivity index (χ1n) is 5.29. The van der Waals surface area contributed by atoms with Crippen LogP contribution >= 0.6 is 0 Å². The molecule has 1 N–H and O–H groups in total. The zero-order valence-electron chi connectivity index (χ0n) is 9.58. The molecule has 92 valence electrons. The molecule has 0 aliphatic carbocycles. The summed E-state index contributed by atoms with van der Waals surface area (Å²) < 4.78 is 26.0. The number of rotatable bonds is 2. The molecule has 0 aliphatic rings. The fourth-order valence-corrected chi connectivity index (χ4v) is 1.84. The van der Waals surface area contributed by atoms with Gasteiger partial charge in [0.15, 0.2) is 11.6 Å². The number of aromatic carboxylic acids is 1. The Morgan fingerprint density at radius 1 is 1.11 bits per heavy atom. The first-order chi connectivity index (χ1) is 8.50. The molecule has 0 fully saturated rings. The van der Waals surface area contributed by atoms with Crippen molar-refractivity contribution in [2.24, 2.45) is 0 Å². The van der Waals surface area contributed by atoms with E-state index in [-0.39, 0.29) is 5.56 Å². The number of hydrogen-bond donors (Lipinski definition) is 1. The fraction of sp³-hybridized carbons (Fsp3) is 0.0714. The lowest BCUT2D eigenvalue weighted by Crippen LogP contribution is -2.00. The molecular formula is C14H10F2O2. The van der Waals surface area contributed by atoms with E-state index in [0.717, 1.165) is 12.1 Å². The van der Waals surface area contributed by atoms with E-state index in [0.29, 0.717) is 16.7 Å². The van der Waals surface area contributed by atoms with Gasteiger partial charge in [-0.25, -0.2) is 13.6 Å². The highest BCUT2D eigenvalue weighted by molar-refractivity contribution is 5.92. The summed E-state index contributed by atoms with van der Waals surface area (Å²) in [7, 11) is 0. The standard InChI is InChI=1S/C14H10F2O2/c1-8-10(3-2-4-11(8)14(17)18)9-5-6-12(15)13(16)7-9/h2-7H,1H3,(H,17,18). The maximum atomic E-state index is 13.2. The van der Waals surface area contributed by atoms with Crippen molar-refractivity contribution in [3.63, 3.8) is 0 Å². The maximum Gasteiger partial charge on any atom is 0.335 e. The first-order valence-corrected chi connectivity index (χ1v) is 5.29. The van der Waals surface area contributed by atoms with Crippen molar-refractivity contribution < 1.29 is 18.7 Å². The van der Waals surface area contributed by atoms with E-state index in [1.807, 2.05) is 0 Å². The molecule has 2 aromatic carbocycles. The van der Waals surface area contributed by atoms with E-state index in [1.165, 1.54) is 12.1 Å². The van der Waals surface area contributed by atoms with Gasteiger partial charge in [-0.1, -0.05) is 18.2 Å². The Hall–Kier alpha value is -2.23. The minimum atomic E-state index is -1.04. The molecule has 18 heavy (non-hydrogen) atoms. The minimum Gasteiger partial charge on any atom is -0.478 e. The Labute approximate surface area is 103 Å². The Morgan fingerprint density at radius 2 is 1.83 bits per heavy atom. The van der Waals surface area contributed by atoms with E-state index in [2.05, 4.69) is 0 Å². The van der Waals surface area contributed by atoms with Crippen LogP contribution in [0.25, 0.3) is 11.1 Å². The second kappa shape index (κ2) is 4.56. The van der Waals surface area contributed by atoms with E-state index in [4.69, 9.17) is 5.11 Å². The third kappa shape index (κ3) is 2.09. The number of carboxylic acids is 1. The predicted molar refractivity (Wildman–Crippen MR) is 63.5 cm³/mol. The molecule has 0 radical (unpaired) electrons. The molecule has 0 atom stereocenters. The van der Waals surface area contributed by atoms with Crippen molar-refractivity contribution in [2.75, 3.05) is 0 Å². The first kappa shape index (κ1) is 12.2. The number of benzene rings is 2. The third-order valence-electron chi connectivity index (χ3n) is 2.79. The molecule has 0 heterocycles. The molecule has 0 amide bonds. The normalized spacial score (nSPS) is 10.4. The average molecular weight is 248 g/mol. The summed E-state index contributed by atoms with van der Waals surface area (Å²) in [5.41, 5.74) is 1.71. The van der Waals surface area contributed by atoms with E-state index >= 15 is 0 Å². The van der Waals surface area contributed by atoms with Gasteiger partial charge in [0.05, 0.1) is 5.56 Å². The van der Waals surface area contributed by atoms with Crippen molar-refractivity contribution in [1.29, 1.82) is 0 Å². The van der Waals surface area contributed by atoms with Gasteiger partial charge in [-0.05, 0) is 41.8 Å². The lowest BCUT2D eigenvalue weighted by molar-refractivity contribution is 0.0696. The predicted octanol–water partition coefficient (Wildman–Crippen LogP) is 3.64. The van der Waals surface area contributed by atoms with Crippen LogP contribution in [0.5, 0.6) is 0 Å². The van der Waals surface area contributed by atoms with Crippen LogP contribution in [0.4, 0.5) is 8.78 Å². The minimum absolute atomic E-state index is 0.150. The van der Waals surface area contributed by atoms with Crippen LogP contribution in [0, 0.1) is 18.6 Å². The molecule has 2 aromatic rings. The molecule has 0 aliphatic heterocycles. The highest BCUT2D eigenvalue weighted by atomic mass is 19.2. The molecule has 0 aromatic heterocycles. The van der Waals surface area contributed by atoms with Gasteiger partial charge in [0.2, 0.25) is 0 Å². The number of carbonyl (C=O) groups is 1. The smallest absolute Gasteiger partial charge is 0.335 e. The SMILES string of the molecule is Cc1c(C(=O)O)cccc1-c1ccc(F)c(F)c1. The zero-order valence-corrected chi connectivity index (χ0v) is 9.58. The van der Waals surface area contributed by atoms with Gasteiger partial charge in [0.25, 0.3) is 0 Å². The summed E-state index contributed by atoms with van der Waals surface area (Å²) in [5.74, 6) is -2.92. The maximum absolute atomic E-state index is 13.2. The monoisotopic (exact) mass is 248 g/mol. The van der Waals surface area contributed by atoms with Crippen LogP contribution in [0.15, 0.2) is 36.4 Å². The second-order valence-corrected chi connectivity index (χ2v) is 3.91. The van der Waals surface area contributed by atoms with Gasteiger partial charge in [0.1, 0.15) is 0 Å². The van der Waals surface area contributed by atoms with Crippen molar-refractivity contribution in [2.45, 2.75) is 6.92 Å².